The fraction of sp³-hybridized carbons (Fsp3) is 0.364. The number of hydrogen-bond donors (Lipinski definition) is 3. The van der Waals surface area contributed by atoms with Crippen molar-refractivity contribution in [2.45, 2.75) is 38.2 Å². The van der Waals surface area contributed by atoms with Gasteiger partial charge in [0.25, 0.3) is 0 Å². The summed E-state index contributed by atoms with van der Waals surface area (Å²) >= 11 is 0. The van der Waals surface area contributed by atoms with Crippen LogP contribution in [0.15, 0.2) is 66.7 Å². The van der Waals surface area contributed by atoms with Crippen molar-refractivity contribution >= 4 is 29.0 Å². The minimum absolute atomic E-state index is 0.370. The molecule has 3 N–H and O–H groups in total. The summed E-state index contributed by atoms with van der Waals surface area (Å²) in [5.74, 6) is -3.66. The number of aliphatic hydroxyl groups is 1. The van der Waals surface area contributed by atoms with E-state index in [1.807, 2.05) is 6.92 Å². The van der Waals surface area contributed by atoms with Crippen molar-refractivity contribution in [3.63, 3.8) is 0 Å². The Balaban J connectivity index is 1.83. The number of carbonyl (C=O) groups excluding carboxylic acids is 3. The number of methoxy groups -OCH3 is 3. The maximum atomic E-state index is 14.1. The minimum atomic E-state index is -1.79. The molecule has 10 heteroatoms. The molecule has 0 aliphatic heterocycles. The van der Waals surface area contributed by atoms with Crippen LogP contribution in [0.25, 0.3) is 0 Å². The maximum Gasteiger partial charge on any atom is 0.235 e. The first kappa shape index (κ1) is 31.4. The van der Waals surface area contributed by atoms with Crippen LogP contribution in [0.5, 0.6) is 23.0 Å². The van der Waals surface area contributed by atoms with Gasteiger partial charge in [-0.1, -0.05) is 37.3 Å². The summed E-state index contributed by atoms with van der Waals surface area (Å²) < 4.78 is 22.2. The van der Waals surface area contributed by atoms with Crippen LogP contribution >= 0.6 is 0 Å². The van der Waals surface area contributed by atoms with Crippen LogP contribution in [0.3, 0.4) is 0 Å². The molecule has 1 aliphatic rings. The number of rotatable bonds is 11. The molecule has 1 fully saturated rings. The molecule has 10 nitrogen and oxygen atoms in total. The minimum Gasteiger partial charge on any atom is -0.495 e. The monoisotopic (exact) mass is 590 g/mol. The molecule has 0 bridgehead atoms. The van der Waals surface area contributed by atoms with E-state index in [4.69, 9.17) is 18.9 Å². The fourth-order valence-corrected chi connectivity index (χ4v) is 5.63. The molecule has 0 heterocycles. The van der Waals surface area contributed by atoms with Crippen molar-refractivity contribution in [3.05, 3.63) is 72.3 Å². The average molecular weight is 591 g/mol. The summed E-state index contributed by atoms with van der Waals surface area (Å²) in [6.45, 7) is 3.88. The van der Waals surface area contributed by atoms with E-state index in [1.54, 1.807) is 66.7 Å². The first-order valence-corrected chi connectivity index (χ1v) is 14.1. The van der Waals surface area contributed by atoms with Crippen LogP contribution in [-0.2, 0) is 14.4 Å². The van der Waals surface area contributed by atoms with E-state index in [2.05, 4.69) is 10.6 Å². The van der Waals surface area contributed by atoms with Crippen molar-refractivity contribution in [1.29, 1.82) is 0 Å². The third-order valence-electron chi connectivity index (χ3n) is 7.60. The normalized spacial score (nSPS) is 21.4. The van der Waals surface area contributed by atoms with Gasteiger partial charge in [0, 0.05) is 12.3 Å². The Morgan fingerprint density at radius 2 is 1.40 bits per heavy atom. The molecule has 2 amide bonds. The van der Waals surface area contributed by atoms with E-state index in [-0.39, 0.29) is 0 Å². The van der Waals surface area contributed by atoms with Gasteiger partial charge in [0.05, 0.1) is 50.8 Å². The van der Waals surface area contributed by atoms with Gasteiger partial charge in [-0.3, -0.25) is 14.4 Å². The smallest absolute Gasteiger partial charge is 0.235 e. The zero-order chi connectivity index (χ0) is 31.1. The average Bonchev–Trinajstić information content (AvgIpc) is 2.99. The van der Waals surface area contributed by atoms with Crippen LogP contribution in [0.2, 0.25) is 0 Å². The van der Waals surface area contributed by atoms with Crippen molar-refractivity contribution in [3.8, 4) is 23.0 Å². The van der Waals surface area contributed by atoms with Gasteiger partial charge in [-0.25, -0.2) is 0 Å². The summed E-state index contributed by atoms with van der Waals surface area (Å²) in [6.07, 6.45) is 0.369. The van der Waals surface area contributed by atoms with Gasteiger partial charge in [-0.05, 0) is 55.3 Å². The van der Waals surface area contributed by atoms with Crippen molar-refractivity contribution in [2.75, 3.05) is 38.6 Å². The van der Waals surface area contributed by atoms with Gasteiger partial charge in [-0.15, -0.1) is 0 Å². The summed E-state index contributed by atoms with van der Waals surface area (Å²) in [5, 5.41) is 17.3. The molecule has 1 aliphatic carbocycles. The predicted molar refractivity (Wildman–Crippen MR) is 162 cm³/mol. The summed E-state index contributed by atoms with van der Waals surface area (Å²) in [4.78, 5) is 41.7. The van der Waals surface area contributed by atoms with Gasteiger partial charge < -0.3 is 34.7 Å². The standard InChI is InChI=1S/C33H38N2O8/c1-6-17-43-26-16-15-20(18-27(26)42-5)28-29(31(37)34-21-11-7-9-13-24(21)40-3)23(36)19-33(2,39)30(28)32(38)35-22-12-8-10-14-25(22)41-4/h7-16,18,28-30,39H,6,17,19H2,1-5H3,(H,34,37)(H,35,38). The lowest BCUT2D eigenvalue weighted by atomic mass is 9.61. The summed E-state index contributed by atoms with van der Waals surface area (Å²) in [7, 11) is 4.44. The van der Waals surface area contributed by atoms with Gasteiger partial charge in [-0.2, -0.15) is 0 Å². The van der Waals surface area contributed by atoms with Gasteiger partial charge in [0.2, 0.25) is 11.8 Å². The number of ketones is 1. The Hall–Kier alpha value is -4.57. The first-order valence-electron chi connectivity index (χ1n) is 14.1. The molecule has 4 atom stereocenters. The Bertz CT molecular complexity index is 1470. The molecule has 4 unspecified atom stereocenters. The molecule has 1 saturated carbocycles. The van der Waals surface area contributed by atoms with Crippen LogP contribution < -0.4 is 29.6 Å². The molecule has 228 valence electrons. The van der Waals surface area contributed by atoms with Crippen molar-refractivity contribution in [2.24, 2.45) is 11.8 Å². The summed E-state index contributed by atoms with van der Waals surface area (Å²) in [5.41, 5.74) is -0.582. The molecule has 3 aromatic rings. The third-order valence-corrected chi connectivity index (χ3v) is 7.60. The Kier molecular flexibility index (Phi) is 9.92. The highest BCUT2D eigenvalue weighted by Gasteiger charge is 2.56. The van der Waals surface area contributed by atoms with Gasteiger partial charge >= 0.3 is 0 Å². The molecule has 3 aromatic carbocycles. The number of para-hydroxylation sites is 4. The second-order valence-electron chi connectivity index (χ2n) is 10.6. The lowest BCUT2D eigenvalue weighted by molar-refractivity contribution is -0.150. The number of Topliss-reactive ketones (excluding diaryl/α,β-unsaturated/α-hetero) is 1. The lowest BCUT2D eigenvalue weighted by Crippen LogP contribution is -2.56. The molecule has 0 radical (unpaired) electrons. The lowest BCUT2D eigenvalue weighted by Gasteiger charge is -2.44. The highest BCUT2D eigenvalue weighted by atomic mass is 16.5. The zero-order valence-electron chi connectivity index (χ0n) is 25.0. The molecule has 0 aromatic heterocycles. The Morgan fingerprint density at radius 3 is 1.95 bits per heavy atom. The third kappa shape index (κ3) is 6.75. The van der Waals surface area contributed by atoms with Crippen molar-refractivity contribution < 1.29 is 38.4 Å². The highest BCUT2D eigenvalue weighted by Crippen LogP contribution is 2.48. The highest BCUT2D eigenvalue weighted by molar-refractivity contribution is 6.11. The number of hydrogen-bond acceptors (Lipinski definition) is 8. The van der Waals surface area contributed by atoms with E-state index in [9.17, 15) is 19.5 Å². The zero-order valence-corrected chi connectivity index (χ0v) is 25.0. The molecule has 0 spiro atoms. The molecule has 4 rings (SSSR count). The summed E-state index contributed by atoms with van der Waals surface area (Å²) in [6, 6.07) is 18.7. The van der Waals surface area contributed by atoms with Crippen LogP contribution in [-0.4, -0.2) is 56.2 Å². The maximum absolute atomic E-state index is 14.1. The SMILES string of the molecule is CCCOc1ccc(C2C(C(=O)Nc3ccccc3OC)C(=O)CC(C)(O)C2C(=O)Nc2ccccc2OC)cc1OC. The van der Waals surface area contributed by atoms with Gasteiger partial charge in [0.1, 0.15) is 23.2 Å². The second-order valence-corrected chi connectivity index (χ2v) is 10.6. The van der Waals surface area contributed by atoms with E-state index in [0.29, 0.717) is 46.5 Å². The van der Waals surface area contributed by atoms with E-state index in [0.717, 1.165) is 6.42 Å². The molecular formula is C33H38N2O8. The van der Waals surface area contributed by atoms with Crippen LogP contribution in [0, 0.1) is 11.8 Å². The fourth-order valence-electron chi connectivity index (χ4n) is 5.63. The number of nitrogens with one attached hydrogen (secondary N) is 2. The molecule has 0 saturated heterocycles. The number of benzene rings is 3. The van der Waals surface area contributed by atoms with Gasteiger partial charge in [0.15, 0.2) is 11.5 Å². The van der Waals surface area contributed by atoms with E-state index < -0.39 is 47.4 Å². The van der Waals surface area contributed by atoms with Crippen LogP contribution in [0.1, 0.15) is 38.2 Å². The number of ether oxygens (including phenoxy) is 4. The molecule has 43 heavy (non-hydrogen) atoms. The number of carbonyl (C=O) groups is 3. The van der Waals surface area contributed by atoms with E-state index in [1.165, 1.54) is 28.3 Å². The topological polar surface area (TPSA) is 132 Å². The Morgan fingerprint density at radius 1 is 0.837 bits per heavy atom. The molecular weight excluding hydrogens is 552 g/mol. The van der Waals surface area contributed by atoms with Crippen LogP contribution in [0.4, 0.5) is 11.4 Å². The van der Waals surface area contributed by atoms with Crippen molar-refractivity contribution in [1.82, 2.24) is 0 Å². The number of amides is 2. The first-order chi connectivity index (χ1) is 20.6. The Labute approximate surface area is 251 Å². The number of anilines is 2. The largest absolute Gasteiger partial charge is 0.495 e. The van der Waals surface area contributed by atoms with E-state index >= 15 is 0 Å². The quantitative estimate of drug-likeness (QED) is 0.271. The second kappa shape index (κ2) is 13.6. The predicted octanol–water partition coefficient (Wildman–Crippen LogP) is 4.82.